The average molecular weight is 432 g/mol. The lowest BCUT2D eigenvalue weighted by Gasteiger charge is -2.22. The molecule has 0 spiro atoms. The van der Waals surface area contributed by atoms with E-state index in [1.54, 1.807) is 30.6 Å². The van der Waals surface area contributed by atoms with Gasteiger partial charge in [-0.2, -0.15) is 0 Å². The molecule has 0 bridgehead atoms. The van der Waals surface area contributed by atoms with Gasteiger partial charge in [0.1, 0.15) is 23.1 Å². The molecule has 158 valence electrons. The van der Waals surface area contributed by atoms with Crippen molar-refractivity contribution in [3.63, 3.8) is 0 Å². The maximum atomic E-state index is 8.84. The Kier molecular flexibility index (Phi) is 7.84. The van der Waals surface area contributed by atoms with Crippen LogP contribution < -0.4 is 10.6 Å². The van der Waals surface area contributed by atoms with E-state index in [2.05, 4.69) is 51.5 Å². The second-order valence-electron chi connectivity index (χ2n) is 6.68. The van der Waals surface area contributed by atoms with E-state index in [1.165, 1.54) is 5.56 Å². The van der Waals surface area contributed by atoms with Crippen LogP contribution in [0.1, 0.15) is 12.5 Å². The molecule has 2 aromatic carbocycles. The summed E-state index contributed by atoms with van der Waals surface area (Å²) in [6, 6.07) is 21.1. The van der Waals surface area contributed by atoms with Crippen molar-refractivity contribution in [1.82, 2.24) is 15.0 Å². The van der Waals surface area contributed by atoms with E-state index < -0.39 is 0 Å². The molecule has 4 rings (SSSR count). The number of para-hydroxylation sites is 1. The van der Waals surface area contributed by atoms with E-state index in [0.717, 1.165) is 30.2 Å². The van der Waals surface area contributed by atoms with Crippen LogP contribution in [0.5, 0.6) is 5.75 Å². The number of hydrogen-bond acceptors (Lipinski definition) is 7. The highest BCUT2D eigenvalue weighted by molar-refractivity contribution is 7.80. The fourth-order valence-electron chi connectivity index (χ4n) is 2.92. The molecule has 0 aliphatic heterocycles. The Hall–Kier alpha value is -3.58. The van der Waals surface area contributed by atoms with Crippen LogP contribution in [0.3, 0.4) is 0 Å². The SMILES string of the molecule is CCN(Cc1ccc(-c2nccnc2N)cc1)c1ccccn1.Oc1ccccc1S. The molecule has 0 aliphatic rings. The summed E-state index contributed by atoms with van der Waals surface area (Å²) in [6.45, 7) is 3.84. The third kappa shape index (κ3) is 6.20. The van der Waals surface area contributed by atoms with Crippen LogP contribution >= 0.6 is 12.6 Å². The second kappa shape index (κ2) is 11.0. The monoisotopic (exact) mass is 431 g/mol. The predicted molar refractivity (Wildman–Crippen MR) is 128 cm³/mol. The number of phenols is 1. The molecule has 3 N–H and O–H groups in total. The van der Waals surface area contributed by atoms with Gasteiger partial charge in [0.05, 0.1) is 0 Å². The molecule has 0 radical (unpaired) electrons. The van der Waals surface area contributed by atoms with Crippen LogP contribution in [0.25, 0.3) is 11.3 Å². The first-order chi connectivity index (χ1) is 15.1. The molecule has 4 aromatic rings. The summed E-state index contributed by atoms with van der Waals surface area (Å²) in [5.41, 5.74) is 8.78. The molecule has 7 heteroatoms. The molecule has 0 unspecified atom stereocenters. The molecule has 0 saturated carbocycles. The summed E-state index contributed by atoms with van der Waals surface area (Å²) in [5.74, 6) is 1.66. The van der Waals surface area contributed by atoms with Crippen LogP contribution in [0.15, 0.2) is 90.2 Å². The first kappa shape index (κ1) is 22.1. The van der Waals surface area contributed by atoms with Crippen LogP contribution in [0.2, 0.25) is 0 Å². The van der Waals surface area contributed by atoms with E-state index >= 15 is 0 Å². The lowest BCUT2D eigenvalue weighted by atomic mass is 10.1. The smallest absolute Gasteiger partial charge is 0.149 e. The minimum atomic E-state index is 0.232. The van der Waals surface area contributed by atoms with E-state index in [9.17, 15) is 0 Å². The van der Waals surface area contributed by atoms with Crippen LogP contribution in [0.4, 0.5) is 11.6 Å². The molecule has 0 fully saturated rings. The van der Waals surface area contributed by atoms with Crippen molar-refractivity contribution in [2.24, 2.45) is 0 Å². The highest BCUT2D eigenvalue weighted by Crippen LogP contribution is 2.22. The number of nitrogens with zero attached hydrogens (tertiary/aromatic N) is 4. The number of thiol groups is 1. The fraction of sp³-hybridized carbons (Fsp3) is 0.125. The molecule has 2 heterocycles. The van der Waals surface area contributed by atoms with Gasteiger partial charge in [0.2, 0.25) is 0 Å². The molecule has 0 atom stereocenters. The first-order valence-corrected chi connectivity index (χ1v) is 10.3. The fourth-order valence-corrected chi connectivity index (χ4v) is 3.08. The normalized spacial score (nSPS) is 10.1. The van der Waals surface area contributed by atoms with Crippen LogP contribution in [-0.2, 0) is 6.54 Å². The Morgan fingerprint density at radius 3 is 2.16 bits per heavy atom. The van der Waals surface area contributed by atoms with Crippen molar-refractivity contribution in [2.75, 3.05) is 17.2 Å². The summed E-state index contributed by atoms with van der Waals surface area (Å²) >= 11 is 3.95. The largest absolute Gasteiger partial charge is 0.507 e. The zero-order chi connectivity index (χ0) is 22.1. The molecule has 0 aliphatic carbocycles. The zero-order valence-electron chi connectivity index (χ0n) is 17.3. The van der Waals surface area contributed by atoms with Crippen LogP contribution in [-0.4, -0.2) is 26.6 Å². The predicted octanol–water partition coefficient (Wildman–Crippen LogP) is 4.83. The summed E-state index contributed by atoms with van der Waals surface area (Å²) in [6.07, 6.45) is 5.07. The van der Waals surface area contributed by atoms with Gasteiger partial charge in [-0.3, -0.25) is 4.98 Å². The third-order valence-electron chi connectivity index (χ3n) is 4.56. The Bertz CT molecular complexity index is 1070. The molecule has 0 amide bonds. The molecule has 2 aromatic heterocycles. The lowest BCUT2D eigenvalue weighted by Crippen LogP contribution is -2.22. The van der Waals surface area contributed by atoms with Gasteiger partial charge in [0.15, 0.2) is 0 Å². The summed E-state index contributed by atoms with van der Waals surface area (Å²) in [7, 11) is 0. The van der Waals surface area contributed by atoms with Gasteiger partial charge < -0.3 is 15.7 Å². The van der Waals surface area contributed by atoms with Gasteiger partial charge in [-0.1, -0.05) is 42.5 Å². The Morgan fingerprint density at radius 2 is 1.58 bits per heavy atom. The quantitative estimate of drug-likeness (QED) is 0.392. The van der Waals surface area contributed by atoms with Crippen molar-refractivity contribution in [2.45, 2.75) is 18.4 Å². The van der Waals surface area contributed by atoms with Crippen molar-refractivity contribution in [3.8, 4) is 17.0 Å². The van der Waals surface area contributed by atoms with Gasteiger partial charge in [-0.05, 0) is 36.8 Å². The molecule has 0 saturated heterocycles. The minimum absolute atomic E-state index is 0.232. The van der Waals surface area contributed by atoms with E-state index in [1.807, 2.05) is 42.6 Å². The van der Waals surface area contributed by atoms with Crippen molar-refractivity contribution >= 4 is 24.3 Å². The number of rotatable bonds is 5. The summed E-state index contributed by atoms with van der Waals surface area (Å²) in [4.78, 5) is 15.6. The first-order valence-electron chi connectivity index (χ1n) is 9.87. The highest BCUT2D eigenvalue weighted by atomic mass is 32.1. The molecular formula is C24H25N5OS. The number of nitrogens with two attached hydrogens (primary N) is 1. The maximum Gasteiger partial charge on any atom is 0.149 e. The van der Waals surface area contributed by atoms with Gasteiger partial charge >= 0.3 is 0 Å². The van der Waals surface area contributed by atoms with Crippen molar-refractivity contribution in [1.29, 1.82) is 0 Å². The number of benzene rings is 2. The Balaban J connectivity index is 0.000000287. The van der Waals surface area contributed by atoms with Gasteiger partial charge in [0.25, 0.3) is 0 Å². The van der Waals surface area contributed by atoms with Gasteiger partial charge in [-0.25, -0.2) is 9.97 Å². The zero-order valence-corrected chi connectivity index (χ0v) is 18.2. The average Bonchev–Trinajstić information content (AvgIpc) is 2.81. The summed E-state index contributed by atoms with van der Waals surface area (Å²) < 4.78 is 0. The number of aromatic hydroxyl groups is 1. The number of anilines is 2. The van der Waals surface area contributed by atoms with E-state index in [4.69, 9.17) is 10.8 Å². The molecular weight excluding hydrogens is 406 g/mol. The molecule has 31 heavy (non-hydrogen) atoms. The number of nitrogen functional groups attached to an aromatic ring is 1. The highest BCUT2D eigenvalue weighted by Gasteiger charge is 2.08. The second-order valence-corrected chi connectivity index (χ2v) is 7.16. The number of phenolic OH excluding ortho intramolecular Hbond substituents is 1. The summed E-state index contributed by atoms with van der Waals surface area (Å²) in [5, 5.41) is 8.84. The third-order valence-corrected chi connectivity index (χ3v) is 4.94. The van der Waals surface area contributed by atoms with E-state index in [0.29, 0.717) is 10.7 Å². The van der Waals surface area contributed by atoms with Crippen molar-refractivity contribution in [3.05, 3.63) is 90.9 Å². The number of aromatic nitrogens is 3. The maximum absolute atomic E-state index is 8.84. The topological polar surface area (TPSA) is 88.2 Å². The minimum Gasteiger partial charge on any atom is -0.507 e. The lowest BCUT2D eigenvalue weighted by molar-refractivity contribution is 0.463. The molecule has 6 nitrogen and oxygen atoms in total. The standard InChI is InChI=1S/C18H19N5.C6H6OS/c1-2-23(16-5-3-4-10-20-16)13-14-6-8-15(9-7-14)17-18(19)22-12-11-21-17;7-5-3-1-2-4-6(5)8/h3-12H,2,13H2,1H3,(H2,19,22);1-4,7-8H. The number of hydrogen-bond donors (Lipinski definition) is 3. The van der Waals surface area contributed by atoms with E-state index in [-0.39, 0.29) is 5.75 Å². The Labute approximate surface area is 187 Å². The van der Waals surface area contributed by atoms with Crippen LogP contribution in [0, 0.1) is 0 Å². The van der Waals surface area contributed by atoms with Gasteiger partial charge in [0, 0.05) is 42.1 Å². The number of pyridine rings is 1. The van der Waals surface area contributed by atoms with Gasteiger partial charge in [-0.15, -0.1) is 12.6 Å². The van der Waals surface area contributed by atoms with Crippen molar-refractivity contribution < 1.29 is 5.11 Å². The Morgan fingerprint density at radius 1 is 0.871 bits per heavy atom.